The molecule has 1 aromatic heterocycles. The molecule has 1 saturated carbocycles. The highest BCUT2D eigenvalue weighted by atomic mass is 16.3. The van der Waals surface area contributed by atoms with Crippen LogP contribution < -0.4 is 5.32 Å². The Morgan fingerprint density at radius 3 is 2.94 bits per heavy atom. The minimum absolute atomic E-state index is 0.885. The molecule has 0 aliphatic heterocycles. The maximum atomic E-state index is 5.54. The summed E-state index contributed by atoms with van der Waals surface area (Å²) in [7, 11) is 4.13. The number of hydrogen-bond acceptors (Lipinski definition) is 3. The highest BCUT2D eigenvalue weighted by Gasteiger charge is 2.19. The van der Waals surface area contributed by atoms with Crippen LogP contribution in [0.5, 0.6) is 0 Å². The van der Waals surface area contributed by atoms with Gasteiger partial charge in [-0.25, -0.2) is 0 Å². The quantitative estimate of drug-likeness (QED) is 0.800. The summed E-state index contributed by atoms with van der Waals surface area (Å²) in [5.74, 6) is 2.00. The van der Waals surface area contributed by atoms with Gasteiger partial charge in [-0.2, -0.15) is 0 Å². The molecule has 1 aliphatic carbocycles. The van der Waals surface area contributed by atoms with Gasteiger partial charge in [-0.05, 0) is 38.9 Å². The molecule has 0 spiro atoms. The molecule has 1 N–H and O–H groups in total. The topological polar surface area (TPSA) is 28.4 Å². The lowest BCUT2D eigenvalue weighted by atomic mass is 9.85. The Labute approximate surface area is 97.8 Å². The zero-order valence-electron chi connectivity index (χ0n) is 10.3. The largest absolute Gasteiger partial charge is 0.468 e. The summed E-state index contributed by atoms with van der Waals surface area (Å²) >= 11 is 0. The van der Waals surface area contributed by atoms with Gasteiger partial charge in [0.2, 0.25) is 0 Å². The van der Waals surface area contributed by atoms with Crippen LogP contribution in [0.1, 0.15) is 30.6 Å². The maximum absolute atomic E-state index is 5.54. The van der Waals surface area contributed by atoms with Crippen molar-refractivity contribution >= 4 is 0 Å². The summed E-state index contributed by atoms with van der Waals surface area (Å²) in [5.41, 5.74) is 1.23. The number of rotatable bonds is 6. The van der Waals surface area contributed by atoms with Crippen LogP contribution in [0.2, 0.25) is 0 Å². The molecule has 1 fully saturated rings. The summed E-state index contributed by atoms with van der Waals surface area (Å²) in [6, 6.07) is 2.15. The number of nitrogens with zero attached hydrogens (tertiary/aromatic N) is 1. The van der Waals surface area contributed by atoms with E-state index in [1.165, 1.54) is 31.4 Å². The Bertz CT molecular complexity index is 317. The van der Waals surface area contributed by atoms with Crippen molar-refractivity contribution in [3.63, 3.8) is 0 Å². The molecule has 2 rings (SSSR count). The first kappa shape index (κ1) is 11.7. The average Bonchev–Trinajstić information content (AvgIpc) is 2.60. The SMILES string of the molecule is CNCc1coc(CN(C)CC2CCC2)c1. The van der Waals surface area contributed by atoms with Gasteiger partial charge < -0.3 is 9.73 Å². The van der Waals surface area contributed by atoms with Gasteiger partial charge in [-0.1, -0.05) is 6.42 Å². The van der Waals surface area contributed by atoms with Crippen LogP contribution in [-0.4, -0.2) is 25.5 Å². The molecular formula is C13H22N2O. The molecule has 3 heteroatoms. The summed E-state index contributed by atoms with van der Waals surface area (Å²) in [4.78, 5) is 2.37. The first-order valence-corrected chi connectivity index (χ1v) is 6.17. The Kier molecular flexibility index (Phi) is 4.02. The molecular weight excluding hydrogens is 200 g/mol. The summed E-state index contributed by atoms with van der Waals surface area (Å²) in [5, 5.41) is 3.13. The second-order valence-corrected chi connectivity index (χ2v) is 4.95. The molecule has 0 amide bonds. The Morgan fingerprint density at radius 1 is 1.50 bits per heavy atom. The van der Waals surface area contributed by atoms with E-state index >= 15 is 0 Å². The fourth-order valence-electron chi connectivity index (χ4n) is 2.25. The number of furan rings is 1. The fourth-order valence-corrected chi connectivity index (χ4v) is 2.25. The van der Waals surface area contributed by atoms with E-state index in [9.17, 15) is 0 Å². The number of hydrogen-bond donors (Lipinski definition) is 1. The van der Waals surface area contributed by atoms with Gasteiger partial charge in [0.25, 0.3) is 0 Å². The minimum Gasteiger partial charge on any atom is -0.468 e. The average molecular weight is 222 g/mol. The Hall–Kier alpha value is -0.800. The molecule has 0 unspecified atom stereocenters. The van der Waals surface area contributed by atoms with Gasteiger partial charge >= 0.3 is 0 Å². The van der Waals surface area contributed by atoms with Gasteiger partial charge in [0, 0.05) is 18.7 Å². The van der Waals surface area contributed by atoms with Crippen molar-refractivity contribution in [1.29, 1.82) is 0 Å². The van der Waals surface area contributed by atoms with Crippen molar-refractivity contribution in [2.24, 2.45) is 5.92 Å². The van der Waals surface area contributed by atoms with Crippen molar-refractivity contribution < 1.29 is 4.42 Å². The third kappa shape index (κ3) is 3.09. The zero-order valence-corrected chi connectivity index (χ0v) is 10.3. The van der Waals surface area contributed by atoms with E-state index in [-0.39, 0.29) is 0 Å². The molecule has 0 radical (unpaired) electrons. The van der Waals surface area contributed by atoms with E-state index in [0.717, 1.165) is 24.8 Å². The van der Waals surface area contributed by atoms with Crippen LogP contribution in [0, 0.1) is 5.92 Å². The van der Waals surface area contributed by atoms with Gasteiger partial charge in [0.05, 0.1) is 12.8 Å². The molecule has 1 aromatic rings. The molecule has 3 nitrogen and oxygen atoms in total. The maximum Gasteiger partial charge on any atom is 0.118 e. The van der Waals surface area contributed by atoms with Crippen molar-refractivity contribution in [2.75, 3.05) is 20.6 Å². The predicted molar refractivity (Wildman–Crippen MR) is 65.1 cm³/mol. The van der Waals surface area contributed by atoms with Crippen molar-refractivity contribution in [3.8, 4) is 0 Å². The van der Waals surface area contributed by atoms with E-state index in [4.69, 9.17) is 4.42 Å². The van der Waals surface area contributed by atoms with E-state index in [0.29, 0.717) is 0 Å². The second-order valence-electron chi connectivity index (χ2n) is 4.95. The van der Waals surface area contributed by atoms with Crippen LogP contribution in [0.4, 0.5) is 0 Å². The molecule has 90 valence electrons. The summed E-state index contributed by atoms with van der Waals surface area (Å²) < 4.78 is 5.54. The van der Waals surface area contributed by atoms with E-state index in [1.54, 1.807) is 0 Å². The predicted octanol–water partition coefficient (Wildman–Crippen LogP) is 2.23. The van der Waals surface area contributed by atoms with Crippen LogP contribution in [0.25, 0.3) is 0 Å². The molecule has 1 heterocycles. The van der Waals surface area contributed by atoms with Crippen LogP contribution in [0.15, 0.2) is 16.7 Å². The zero-order chi connectivity index (χ0) is 11.4. The third-order valence-electron chi connectivity index (χ3n) is 3.31. The highest BCUT2D eigenvalue weighted by molar-refractivity contribution is 5.12. The minimum atomic E-state index is 0.885. The standard InChI is InChI=1S/C13H22N2O/c1-14-7-12-6-13(16-10-12)9-15(2)8-11-4-3-5-11/h6,10-11,14H,3-5,7-9H2,1-2H3. The first-order chi connectivity index (χ1) is 7.78. The van der Waals surface area contributed by atoms with Gasteiger partial charge in [-0.3, -0.25) is 4.90 Å². The van der Waals surface area contributed by atoms with Gasteiger partial charge in [0.15, 0.2) is 0 Å². The highest BCUT2D eigenvalue weighted by Crippen LogP contribution is 2.27. The summed E-state index contributed by atoms with van der Waals surface area (Å²) in [6.45, 7) is 3.03. The first-order valence-electron chi connectivity index (χ1n) is 6.17. The normalized spacial score (nSPS) is 16.7. The lowest BCUT2D eigenvalue weighted by Gasteiger charge is -2.29. The second kappa shape index (κ2) is 5.51. The van der Waals surface area contributed by atoms with Gasteiger partial charge in [-0.15, -0.1) is 0 Å². The molecule has 1 aliphatic rings. The Balaban J connectivity index is 1.77. The molecule has 0 aromatic carbocycles. The third-order valence-corrected chi connectivity index (χ3v) is 3.31. The molecule has 0 atom stereocenters. The van der Waals surface area contributed by atoms with Crippen LogP contribution >= 0.6 is 0 Å². The van der Waals surface area contributed by atoms with Crippen LogP contribution in [0.3, 0.4) is 0 Å². The van der Waals surface area contributed by atoms with E-state index in [1.807, 2.05) is 13.3 Å². The fraction of sp³-hybridized carbons (Fsp3) is 0.692. The monoisotopic (exact) mass is 222 g/mol. The van der Waals surface area contributed by atoms with Crippen molar-refractivity contribution in [2.45, 2.75) is 32.4 Å². The Morgan fingerprint density at radius 2 is 2.31 bits per heavy atom. The van der Waals surface area contributed by atoms with Crippen LogP contribution in [-0.2, 0) is 13.1 Å². The summed E-state index contributed by atoms with van der Waals surface area (Å²) in [6.07, 6.45) is 6.09. The lowest BCUT2D eigenvalue weighted by molar-refractivity contribution is 0.191. The molecule has 0 saturated heterocycles. The van der Waals surface area contributed by atoms with E-state index in [2.05, 4.69) is 23.3 Å². The lowest BCUT2D eigenvalue weighted by Crippen LogP contribution is -2.28. The van der Waals surface area contributed by atoms with E-state index < -0.39 is 0 Å². The molecule has 0 bridgehead atoms. The molecule has 16 heavy (non-hydrogen) atoms. The smallest absolute Gasteiger partial charge is 0.118 e. The van der Waals surface area contributed by atoms with Crippen molar-refractivity contribution in [3.05, 3.63) is 23.7 Å². The van der Waals surface area contributed by atoms with Gasteiger partial charge in [0.1, 0.15) is 5.76 Å². The number of nitrogens with one attached hydrogen (secondary N) is 1. The van der Waals surface area contributed by atoms with Crippen molar-refractivity contribution in [1.82, 2.24) is 10.2 Å².